The number of rotatable bonds is 6. The highest BCUT2D eigenvalue weighted by Gasteiger charge is 2.20. The summed E-state index contributed by atoms with van der Waals surface area (Å²) in [5.74, 6) is 0.665. The molecule has 1 aliphatic heterocycles. The Kier molecular flexibility index (Phi) is 5.24. The molecule has 0 aromatic heterocycles. The first-order valence-corrected chi connectivity index (χ1v) is 7.59. The van der Waals surface area contributed by atoms with Crippen LogP contribution < -0.4 is 5.73 Å². The first-order chi connectivity index (χ1) is 9.18. The molecule has 1 aromatic rings. The molecule has 0 saturated carbocycles. The van der Waals surface area contributed by atoms with Gasteiger partial charge in [-0.05, 0) is 29.7 Å². The Morgan fingerprint density at radius 2 is 2.32 bits per heavy atom. The lowest BCUT2D eigenvalue weighted by Gasteiger charge is -2.25. The van der Waals surface area contributed by atoms with Crippen molar-refractivity contribution < 1.29 is 14.6 Å². The van der Waals surface area contributed by atoms with Crippen LogP contribution in [0.2, 0.25) is 0 Å². The van der Waals surface area contributed by atoms with Crippen LogP contribution in [0.15, 0.2) is 24.3 Å². The summed E-state index contributed by atoms with van der Waals surface area (Å²) in [6, 6.07) is 7.59. The van der Waals surface area contributed by atoms with E-state index < -0.39 is 12.0 Å². The van der Waals surface area contributed by atoms with Crippen molar-refractivity contribution in [1.29, 1.82) is 0 Å². The number of benzene rings is 1. The number of aliphatic carboxylic acids is 1. The van der Waals surface area contributed by atoms with Gasteiger partial charge in [0, 0.05) is 5.75 Å². The van der Waals surface area contributed by atoms with Crippen LogP contribution in [-0.4, -0.2) is 35.2 Å². The normalized spacial score (nSPS) is 19.7. The van der Waals surface area contributed by atoms with Gasteiger partial charge in [0.1, 0.15) is 6.04 Å². The molecular formula is C14H19NO3S. The smallest absolute Gasteiger partial charge is 0.320 e. The number of thioether (sulfide) groups is 1. The van der Waals surface area contributed by atoms with E-state index in [0.29, 0.717) is 6.42 Å². The first kappa shape index (κ1) is 14.4. The number of fused-ring (bicyclic) bond motifs is 1. The number of hydrogen-bond donors (Lipinski definition) is 2. The zero-order valence-corrected chi connectivity index (χ0v) is 11.6. The van der Waals surface area contributed by atoms with Gasteiger partial charge < -0.3 is 15.6 Å². The van der Waals surface area contributed by atoms with E-state index in [1.165, 1.54) is 11.1 Å². The minimum Gasteiger partial charge on any atom is -0.480 e. The second-order valence-electron chi connectivity index (χ2n) is 4.62. The highest BCUT2D eigenvalue weighted by atomic mass is 32.2. The average Bonchev–Trinajstić information content (AvgIpc) is 2.43. The molecule has 5 heteroatoms. The van der Waals surface area contributed by atoms with Gasteiger partial charge in [0.25, 0.3) is 0 Å². The van der Waals surface area contributed by atoms with Gasteiger partial charge in [-0.25, -0.2) is 0 Å². The minimum absolute atomic E-state index is 0.121. The Labute approximate surface area is 117 Å². The highest BCUT2D eigenvalue weighted by Crippen LogP contribution is 2.29. The number of ether oxygens (including phenoxy) is 1. The van der Waals surface area contributed by atoms with Crippen molar-refractivity contribution in [3.05, 3.63) is 35.4 Å². The van der Waals surface area contributed by atoms with Gasteiger partial charge in [0.15, 0.2) is 0 Å². The number of carboxylic acid groups (broad SMARTS) is 1. The first-order valence-electron chi connectivity index (χ1n) is 6.44. The topological polar surface area (TPSA) is 72.5 Å². The predicted octanol–water partition coefficient (Wildman–Crippen LogP) is 1.84. The lowest BCUT2D eigenvalue weighted by Crippen LogP contribution is -2.30. The molecule has 4 nitrogen and oxygen atoms in total. The Morgan fingerprint density at radius 1 is 1.53 bits per heavy atom. The van der Waals surface area contributed by atoms with E-state index in [0.717, 1.165) is 24.5 Å². The quantitative estimate of drug-likeness (QED) is 0.778. The fourth-order valence-corrected chi connectivity index (χ4v) is 3.22. The molecule has 1 heterocycles. The van der Waals surface area contributed by atoms with Gasteiger partial charge in [-0.1, -0.05) is 24.3 Å². The predicted molar refractivity (Wildman–Crippen MR) is 76.4 cm³/mol. The summed E-state index contributed by atoms with van der Waals surface area (Å²) in [4.78, 5) is 10.6. The van der Waals surface area contributed by atoms with E-state index >= 15 is 0 Å². The summed E-state index contributed by atoms with van der Waals surface area (Å²) in [5.41, 5.74) is 8.10. The summed E-state index contributed by atoms with van der Waals surface area (Å²) in [7, 11) is 0. The molecule has 3 N–H and O–H groups in total. The largest absolute Gasteiger partial charge is 0.480 e. The molecule has 0 radical (unpaired) electrons. The zero-order chi connectivity index (χ0) is 13.7. The molecule has 2 rings (SSSR count). The van der Waals surface area contributed by atoms with E-state index in [2.05, 4.69) is 18.2 Å². The van der Waals surface area contributed by atoms with Crippen LogP contribution in [0.3, 0.4) is 0 Å². The van der Waals surface area contributed by atoms with Crippen LogP contribution in [0.1, 0.15) is 23.7 Å². The van der Waals surface area contributed by atoms with Gasteiger partial charge in [-0.2, -0.15) is 11.8 Å². The number of carboxylic acids is 1. The summed E-state index contributed by atoms with van der Waals surface area (Å²) >= 11 is 1.70. The second kappa shape index (κ2) is 6.93. The summed E-state index contributed by atoms with van der Waals surface area (Å²) < 4.78 is 5.79. The lowest BCUT2D eigenvalue weighted by atomic mass is 9.99. The number of hydrogen-bond acceptors (Lipinski definition) is 4. The third kappa shape index (κ3) is 3.96. The van der Waals surface area contributed by atoms with E-state index in [1.54, 1.807) is 11.8 Å². The van der Waals surface area contributed by atoms with Crippen molar-refractivity contribution in [2.24, 2.45) is 5.73 Å². The summed E-state index contributed by atoms with van der Waals surface area (Å²) in [6.45, 7) is 0.761. The molecule has 0 aliphatic carbocycles. The van der Waals surface area contributed by atoms with Gasteiger partial charge >= 0.3 is 5.97 Å². The molecule has 104 valence electrons. The van der Waals surface area contributed by atoms with Crippen molar-refractivity contribution >= 4 is 17.7 Å². The number of carbonyl (C=O) groups is 1. The Hall–Kier alpha value is -1.04. The van der Waals surface area contributed by atoms with E-state index in [9.17, 15) is 4.79 Å². The van der Waals surface area contributed by atoms with Crippen molar-refractivity contribution in [1.82, 2.24) is 0 Å². The zero-order valence-electron chi connectivity index (χ0n) is 10.7. The third-order valence-corrected chi connectivity index (χ3v) is 4.31. The molecule has 0 amide bonds. The Bertz CT molecular complexity index is 438. The van der Waals surface area contributed by atoms with Crippen molar-refractivity contribution in [3.8, 4) is 0 Å². The Morgan fingerprint density at radius 3 is 3.11 bits per heavy atom. The summed E-state index contributed by atoms with van der Waals surface area (Å²) in [5, 5.41) is 8.70. The summed E-state index contributed by atoms with van der Waals surface area (Å²) in [6.07, 6.45) is 1.59. The van der Waals surface area contributed by atoms with Crippen molar-refractivity contribution in [2.45, 2.75) is 25.0 Å². The minimum atomic E-state index is -0.931. The van der Waals surface area contributed by atoms with Crippen LogP contribution in [0, 0.1) is 0 Å². The molecule has 19 heavy (non-hydrogen) atoms. The maximum absolute atomic E-state index is 10.6. The fourth-order valence-electron chi connectivity index (χ4n) is 2.14. The van der Waals surface area contributed by atoms with Crippen LogP contribution in [0.25, 0.3) is 0 Å². The van der Waals surface area contributed by atoms with Crippen LogP contribution in [0.4, 0.5) is 0 Å². The van der Waals surface area contributed by atoms with E-state index in [-0.39, 0.29) is 6.10 Å². The van der Waals surface area contributed by atoms with Crippen LogP contribution >= 0.6 is 11.8 Å². The molecule has 0 saturated heterocycles. The van der Waals surface area contributed by atoms with Gasteiger partial charge in [-0.15, -0.1) is 0 Å². The molecule has 2 atom stereocenters. The van der Waals surface area contributed by atoms with Crippen molar-refractivity contribution in [2.75, 3.05) is 18.1 Å². The molecular weight excluding hydrogens is 262 g/mol. The van der Waals surface area contributed by atoms with Gasteiger partial charge in [-0.3, -0.25) is 4.79 Å². The van der Waals surface area contributed by atoms with E-state index in [1.807, 2.05) is 6.07 Å². The molecule has 0 bridgehead atoms. The van der Waals surface area contributed by atoms with Gasteiger partial charge in [0.05, 0.1) is 12.7 Å². The maximum Gasteiger partial charge on any atom is 0.320 e. The fraction of sp³-hybridized carbons (Fsp3) is 0.500. The second-order valence-corrected chi connectivity index (χ2v) is 5.77. The SMILES string of the molecule is NC(CCSCC1OCCc2ccccc21)C(=O)O. The standard InChI is InChI=1S/C14H19NO3S/c15-12(14(16)17)6-8-19-9-13-11-4-2-1-3-10(11)5-7-18-13/h1-4,12-13H,5-9,15H2,(H,16,17). The lowest BCUT2D eigenvalue weighted by molar-refractivity contribution is -0.138. The van der Waals surface area contributed by atoms with Crippen molar-refractivity contribution in [3.63, 3.8) is 0 Å². The third-order valence-electron chi connectivity index (χ3n) is 3.25. The Balaban J connectivity index is 1.80. The van der Waals surface area contributed by atoms with Crippen LogP contribution in [0.5, 0.6) is 0 Å². The monoisotopic (exact) mass is 281 g/mol. The average molecular weight is 281 g/mol. The van der Waals surface area contributed by atoms with Crippen LogP contribution in [-0.2, 0) is 16.0 Å². The number of nitrogens with two attached hydrogens (primary N) is 1. The molecule has 1 aliphatic rings. The van der Waals surface area contributed by atoms with Gasteiger partial charge in [0.2, 0.25) is 0 Å². The maximum atomic E-state index is 10.6. The molecule has 0 spiro atoms. The molecule has 1 aromatic carbocycles. The molecule has 0 fully saturated rings. The highest BCUT2D eigenvalue weighted by molar-refractivity contribution is 7.99. The van der Waals surface area contributed by atoms with E-state index in [4.69, 9.17) is 15.6 Å². The molecule has 2 unspecified atom stereocenters.